The van der Waals surface area contributed by atoms with Crippen LogP contribution < -0.4 is 4.74 Å². The molecule has 0 spiro atoms. The van der Waals surface area contributed by atoms with Crippen LogP contribution in [-0.4, -0.2) is 43.4 Å². The quantitative estimate of drug-likeness (QED) is 0.688. The number of aryl methyl sites for hydroxylation is 1. The number of carbonyl (C=O) groups excluding carboxylic acids is 1. The van der Waals surface area contributed by atoms with Gasteiger partial charge in [0, 0.05) is 10.5 Å². The Labute approximate surface area is 161 Å². The fourth-order valence-corrected chi connectivity index (χ4v) is 4.93. The molecule has 6 nitrogen and oxygen atoms in total. The molecule has 26 heavy (non-hydrogen) atoms. The first-order chi connectivity index (χ1) is 12.3. The standard InChI is InChI=1S/C18H20BrNO5S/c1-13-2-5-17(25-13)10-20(15-8-9-26(22,23)12-15)18(21)11-24-16-6-3-14(19)4-7-16/h2-7,15H,8-12H2,1H3/t15-/m0/s1. The lowest BCUT2D eigenvalue weighted by Gasteiger charge is -2.27. The summed E-state index contributed by atoms with van der Waals surface area (Å²) in [5.74, 6) is 1.78. The molecule has 1 aromatic carbocycles. The number of ether oxygens (including phenoxy) is 1. The highest BCUT2D eigenvalue weighted by atomic mass is 79.9. The number of amides is 1. The van der Waals surface area contributed by atoms with Crippen LogP contribution in [0.4, 0.5) is 0 Å². The maximum atomic E-state index is 12.7. The van der Waals surface area contributed by atoms with E-state index in [1.165, 1.54) is 0 Å². The number of sulfone groups is 1. The fourth-order valence-electron chi connectivity index (χ4n) is 2.94. The molecule has 1 saturated heterocycles. The Morgan fingerprint density at radius 1 is 1.27 bits per heavy atom. The predicted octanol–water partition coefficient (Wildman–Crippen LogP) is 2.95. The Morgan fingerprint density at radius 3 is 2.58 bits per heavy atom. The number of halogens is 1. The molecule has 1 aliphatic rings. The Balaban J connectivity index is 1.71. The Hall–Kier alpha value is -1.80. The minimum absolute atomic E-state index is 0.0171. The van der Waals surface area contributed by atoms with E-state index in [1.54, 1.807) is 23.1 Å². The smallest absolute Gasteiger partial charge is 0.261 e. The predicted molar refractivity (Wildman–Crippen MR) is 101 cm³/mol. The van der Waals surface area contributed by atoms with Crippen molar-refractivity contribution in [2.75, 3.05) is 18.1 Å². The summed E-state index contributed by atoms with van der Waals surface area (Å²) in [5.41, 5.74) is 0. The van der Waals surface area contributed by atoms with Gasteiger partial charge in [-0.2, -0.15) is 0 Å². The number of furan rings is 1. The zero-order valence-corrected chi connectivity index (χ0v) is 16.8. The van der Waals surface area contributed by atoms with Gasteiger partial charge in [0.25, 0.3) is 5.91 Å². The van der Waals surface area contributed by atoms with Crippen molar-refractivity contribution in [1.82, 2.24) is 4.90 Å². The number of benzene rings is 1. The van der Waals surface area contributed by atoms with E-state index in [2.05, 4.69) is 15.9 Å². The lowest BCUT2D eigenvalue weighted by atomic mass is 10.2. The molecule has 0 bridgehead atoms. The Kier molecular flexibility index (Phi) is 5.72. The molecule has 3 rings (SSSR count). The molecule has 140 valence electrons. The lowest BCUT2D eigenvalue weighted by Crippen LogP contribution is -2.43. The van der Waals surface area contributed by atoms with Crippen molar-refractivity contribution in [1.29, 1.82) is 0 Å². The molecule has 0 radical (unpaired) electrons. The summed E-state index contributed by atoms with van der Waals surface area (Å²) in [7, 11) is -3.10. The highest BCUT2D eigenvalue weighted by Crippen LogP contribution is 2.22. The number of hydrogen-bond acceptors (Lipinski definition) is 5. The van der Waals surface area contributed by atoms with E-state index in [0.717, 1.165) is 10.2 Å². The van der Waals surface area contributed by atoms with Crippen molar-refractivity contribution >= 4 is 31.7 Å². The molecule has 1 fully saturated rings. The molecule has 2 heterocycles. The van der Waals surface area contributed by atoms with Crippen LogP contribution in [0.5, 0.6) is 5.75 Å². The van der Waals surface area contributed by atoms with Gasteiger partial charge in [0.15, 0.2) is 16.4 Å². The highest BCUT2D eigenvalue weighted by Gasteiger charge is 2.35. The van der Waals surface area contributed by atoms with Crippen LogP contribution in [0.15, 0.2) is 45.3 Å². The van der Waals surface area contributed by atoms with Gasteiger partial charge in [0.2, 0.25) is 0 Å². The van der Waals surface area contributed by atoms with Crippen LogP contribution in [0.3, 0.4) is 0 Å². The first kappa shape index (κ1) is 19.0. The summed E-state index contributed by atoms with van der Waals surface area (Å²) < 4.78 is 35.7. The topological polar surface area (TPSA) is 76.8 Å². The summed E-state index contributed by atoms with van der Waals surface area (Å²) in [4.78, 5) is 14.3. The van der Waals surface area contributed by atoms with E-state index < -0.39 is 9.84 Å². The molecule has 0 saturated carbocycles. The SMILES string of the molecule is Cc1ccc(CN(C(=O)COc2ccc(Br)cc2)[C@H]2CCS(=O)(=O)C2)o1. The second-order valence-electron chi connectivity index (χ2n) is 6.33. The van der Waals surface area contributed by atoms with Crippen molar-refractivity contribution in [2.45, 2.75) is 25.9 Å². The van der Waals surface area contributed by atoms with Crippen LogP contribution in [0.2, 0.25) is 0 Å². The van der Waals surface area contributed by atoms with Crippen LogP contribution in [-0.2, 0) is 21.2 Å². The average molecular weight is 442 g/mol. The van der Waals surface area contributed by atoms with Gasteiger partial charge in [-0.15, -0.1) is 0 Å². The summed E-state index contributed by atoms with van der Waals surface area (Å²) in [5, 5.41) is 0. The van der Waals surface area contributed by atoms with Crippen molar-refractivity contribution in [3.63, 3.8) is 0 Å². The zero-order valence-electron chi connectivity index (χ0n) is 14.4. The monoisotopic (exact) mass is 441 g/mol. The fraction of sp³-hybridized carbons (Fsp3) is 0.389. The third kappa shape index (κ3) is 4.88. The Morgan fingerprint density at radius 2 is 2.00 bits per heavy atom. The van der Waals surface area contributed by atoms with Crippen molar-refractivity contribution in [2.24, 2.45) is 0 Å². The molecular weight excluding hydrogens is 422 g/mol. The van der Waals surface area contributed by atoms with Crippen LogP contribution in [0, 0.1) is 6.92 Å². The van der Waals surface area contributed by atoms with Gasteiger partial charge in [-0.25, -0.2) is 8.42 Å². The molecular formula is C18H20BrNO5S. The van der Waals surface area contributed by atoms with Gasteiger partial charge in [0.1, 0.15) is 17.3 Å². The maximum absolute atomic E-state index is 12.7. The largest absolute Gasteiger partial charge is 0.484 e. The van der Waals surface area contributed by atoms with E-state index in [-0.39, 0.29) is 36.6 Å². The molecule has 0 unspecified atom stereocenters. The van der Waals surface area contributed by atoms with E-state index in [1.807, 2.05) is 25.1 Å². The molecule has 1 amide bonds. The third-order valence-corrected chi connectivity index (χ3v) is 6.55. The number of nitrogens with zero attached hydrogens (tertiary/aromatic N) is 1. The minimum Gasteiger partial charge on any atom is -0.484 e. The zero-order chi connectivity index (χ0) is 18.7. The van der Waals surface area contributed by atoms with Crippen LogP contribution >= 0.6 is 15.9 Å². The molecule has 1 aromatic heterocycles. The van der Waals surface area contributed by atoms with Crippen molar-refractivity contribution < 1.29 is 22.4 Å². The normalized spacial score (nSPS) is 18.6. The summed E-state index contributed by atoms with van der Waals surface area (Å²) in [6.45, 7) is 1.90. The van der Waals surface area contributed by atoms with Gasteiger partial charge >= 0.3 is 0 Å². The number of hydrogen-bond donors (Lipinski definition) is 0. The summed E-state index contributed by atoms with van der Waals surface area (Å²) >= 11 is 3.35. The van der Waals surface area contributed by atoms with E-state index in [9.17, 15) is 13.2 Å². The molecule has 2 aromatic rings. The van der Waals surface area contributed by atoms with Crippen molar-refractivity contribution in [3.05, 3.63) is 52.4 Å². The second kappa shape index (κ2) is 7.84. The van der Waals surface area contributed by atoms with Gasteiger partial charge in [-0.3, -0.25) is 4.79 Å². The van der Waals surface area contributed by atoms with Crippen LogP contribution in [0.25, 0.3) is 0 Å². The summed E-state index contributed by atoms with van der Waals surface area (Å²) in [6, 6.07) is 10.4. The highest BCUT2D eigenvalue weighted by molar-refractivity contribution is 9.10. The third-order valence-electron chi connectivity index (χ3n) is 4.27. The molecule has 0 aliphatic carbocycles. The van der Waals surface area contributed by atoms with E-state index in [0.29, 0.717) is 17.9 Å². The molecule has 8 heteroatoms. The average Bonchev–Trinajstić information content (AvgIpc) is 3.16. The molecule has 1 atom stereocenters. The van der Waals surface area contributed by atoms with Crippen molar-refractivity contribution in [3.8, 4) is 5.75 Å². The molecule has 0 N–H and O–H groups in total. The molecule has 1 aliphatic heterocycles. The van der Waals surface area contributed by atoms with E-state index in [4.69, 9.17) is 9.15 Å². The van der Waals surface area contributed by atoms with Gasteiger partial charge in [-0.05, 0) is 49.7 Å². The minimum atomic E-state index is -3.10. The van der Waals surface area contributed by atoms with Gasteiger partial charge < -0.3 is 14.1 Å². The van der Waals surface area contributed by atoms with E-state index >= 15 is 0 Å². The first-order valence-corrected chi connectivity index (χ1v) is 10.9. The van der Waals surface area contributed by atoms with Crippen LogP contribution in [0.1, 0.15) is 17.9 Å². The lowest BCUT2D eigenvalue weighted by molar-refractivity contribution is -0.136. The number of carbonyl (C=O) groups is 1. The maximum Gasteiger partial charge on any atom is 0.261 e. The second-order valence-corrected chi connectivity index (χ2v) is 9.48. The van der Waals surface area contributed by atoms with Gasteiger partial charge in [0.05, 0.1) is 18.1 Å². The van der Waals surface area contributed by atoms with Gasteiger partial charge in [-0.1, -0.05) is 15.9 Å². The Bertz CT molecular complexity index is 875. The summed E-state index contributed by atoms with van der Waals surface area (Å²) in [6.07, 6.45) is 0.437. The first-order valence-electron chi connectivity index (χ1n) is 8.26. The number of rotatable bonds is 6.